The Morgan fingerprint density at radius 3 is 2.65 bits per heavy atom. The molecule has 0 amide bonds. The number of nitrogens with one attached hydrogen (secondary N) is 2. The molecule has 10 heteroatoms. The standard InChI is InChI=1S/C13H14N6O3S/c1-19-13-11(7-17-19)12(15-8-16-13)14-6-9-2-4-10(5-3-9)18-23(20,21)22/h2-5,7-8,18H,6H2,1H3,(H,14,15,16)(H,20,21,22). The number of aryl methyl sites for hydroxylation is 1. The molecule has 3 rings (SSSR count). The number of hydrogen-bond donors (Lipinski definition) is 3. The van der Waals surface area contributed by atoms with Crippen LogP contribution in [0.5, 0.6) is 0 Å². The quantitative estimate of drug-likeness (QED) is 0.599. The van der Waals surface area contributed by atoms with E-state index in [0.29, 0.717) is 12.4 Å². The summed E-state index contributed by atoms with van der Waals surface area (Å²) in [5.41, 5.74) is 1.93. The molecule has 1 aromatic carbocycles. The van der Waals surface area contributed by atoms with E-state index >= 15 is 0 Å². The Bertz CT molecular complexity index is 936. The van der Waals surface area contributed by atoms with E-state index < -0.39 is 10.3 Å². The summed E-state index contributed by atoms with van der Waals surface area (Å²) in [5, 5.41) is 8.15. The lowest BCUT2D eigenvalue weighted by Crippen LogP contribution is -2.10. The van der Waals surface area contributed by atoms with E-state index in [1.165, 1.54) is 6.33 Å². The topological polar surface area (TPSA) is 122 Å². The van der Waals surface area contributed by atoms with Crippen molar-refractivity contribution in [3.63, 3.8) is 0 Å². The molecule has 0 unspecified atom stereocenters. The van der Waals surface area contributed by atoms with Gasteiger partial charge in [-0.05, 0) is 17.7 Å². The summed E-state index contributed by atoms with van der Waals surface area (Å²) < 4.78 is 33.8. The molecule has 120 valence electrons. The van der Waals surface area contributed by atoms with Gasteiger partial charge in [-0.25, -0.2) is 9.97 Å². The highest BCUT2D eigenvalue weighted by Gasteiger charge is 2.07. The first-order chi connectivity index (χ1) is 10.9. The summed E-state index contributed by atoms with van der Waals surface area (Å²) in [6.45, 7) is 0.493. The average Bonchev–Trinajstić information content (AvgIpc) is 2.87. The zero-order valence-corrected chi connectivity index (χ0v) is 12.9. The lowest BCUT2D eigenvalue weighted by Gasteiger charge is -2.08. The average molecular weight is 334 g/mol. The van der Waals surface area contributed by atoms with Crippen LogP contribution in [-0.2, 0) is 23.9 Å². The highest BCUT2D eigenvalue weighted by molar-refractivity contribution is 7.87. The van der Waals surface area contributed by atoms with Gasteiger partial charge < -0.3 is 5.32 Å². The van der Waals surface area contributed by atoms with E-state index in [-0.39, 0.29) is 5.69 Å². The van der Waals surface area contributed by atoms with Crippen LogP contribution in [0.4, 0.5) is 11.5 Å². The van der Waals surface area contributed by atoms with E-state index in [0.717, 1.165) is 16.6 Å². The molecule has 0 saturated heterocycles. The van der Waals surface area contributed by atoms with Crippen molar-refractivity contribution >= 4 is 32.8 Å². The van der Waals surface area contributed by atoms with Crippen LogP contribution in [0.25, 0.3) is 11.0 Å². The van der Waals surface area contributed by atoms with E-state index in [9.17, 15) is 8.42 Å². The Kier molecular flexibility index (Phi) is 3.84. The number of aromatic nitrogens is 4. The van der Waals surface area contributed by atoms with Gasteiger partial charge in [-0.15, -0.1) is 0 Å². The lowest BCUT2D eigenvalue weighted by atomic mass is 10.2. The van der Waals surface area contributed by atoms with Crippen molar-refractivity contribution in [1.82, 2.24) is 19.7 Å². The van der Waals surface area contributed by atoms with Crippen molar-refractivity contribution in [2.24, 2.45) is 7.05 Å². The molecule has 0 bridgehead atoms. The first-order valence-corrected chi connectivity index (χ1v) is 8.07. The van der Waals surface area contributed by atoms with Crippen molar-refractivity contribution in [2.45, 2.75) is 6.54 Å². The van der Waals surface area contributed by atoms with Gasteiger partial charge in [0.25, 0.3) is 0 Å². The molecule has 9 nitrogen and oxygen atoms in total. The van der Waals surface area contributed by atoms with Crippen LogP contribution in [0.1, 0.15) is 5.56 Å². The van der Waals surface area contributed by atoms with Gasteiger partial charge >= 0.3 is 10.3 Å². The molecule has 3 aromatic rings. The molecule has 23 heavy (non-hydrogen) atoms. The Hall–Kier alpha value is -2.72. The summed E-state index contributed by atoms with van der Waals surface area (Å²) in [6, 6.07) is 6.60. The normalized spacial score (nSPS) is 11.6. The summed E-state index contributed by atoms with van der Waals surface area (Å²) >= 11 is 0. The van der Waals surface area contributed by atoms with Crippen molar-refractivity contribution in [3.05, 3.63) is 42.4 Å². The van der Waals surface area contributed by atoms with Gasteiger partial charge in [0.05, 0.1) is 17.3 Å². The maximum atomic E-state index is 10.7. The third-order valence-electron chi connectivity index (χ3n) is 3.19. The second kappa shape index (κ2) is 5.82. The van der Waals surface area contributed by atoms with Gasteiger partial charge in [0.1, 0.15) is 12.1 Å². The van der Waals surface area contributed by atoms with E-state index in [4.69, 9.17) is 4.55 Å². The van der Waals surface area contributed by atoms with Gasteiger partial charge in [-0.2, -0.15) is 13.5 Å². The molecule has 0 fully saturated rings. The molecule has 0 atom stereocenters. The fraction of sp³-hybridized carbons (Fsp3) is 0.154. The lowest BCUT2D eigenvalue weighted by molar-refractivity contribution is 0.489. The van der Waals surface area contributed by atoms with Gasteiger partial charge in [0.15, 0.2) is 5.65 Å². The molecule has 0 aliphatic carbocycles. The predicted molar refractivity (Wildman–Crippen MR) is 85.2 cm³/mol. The molecular formula is C13H14N6O3S. The van der Waals surface area contributed by atoms with E-state index in [1.807, 2.05) is 4.72 Å². The maximum Gasteiger partial charge on any atom is 0.357 e. The molecule has 0 spiro atoms. The van der Waals surface area contributed by atoms with Gasteiger partial charge in [-0.3, -0.25) is 14.0 Å². The van der Waals surface area contributed by atoms with Crippen LogP contribution in [0, 0.1) is 0 Å². The number of rotatable bonds is 5. The summed E-state index contributed by atoms with van der Waals surface area (Å²) in [5.74, 6) is 0.670. The van der Waals surface area contributed by atoms with Crippen molar-refractivity contribution < 1.29 is 13.0 Å². The zero-order valence-electron chi connectivity index (χ0n) is 12.1. The van der Waals surface area contributed by atoms with Crippen LogP contribution in [0.15, 0.2) is 36.8 Å². The molecule has 0 aliphatic heterocycles. The van der Waals surface area contributed by atoms with E-state index in [1.54, 1.807) is 42.2 Å². The SMILES string of the molecule is Cn1ncc2c(NCc3ccc(NS(=O)(=O)O)cc3)ncnc21. The minimum absolute atomic E-state index is 0.285. The third-order valence-corrected chi connectivity index (χ3v) is 3.68. The molecule has 0 radical (unpaired) electrons. The van der Waals surface area contributed by atoms with Gasteiger partial charge in [-0.1, -0.05) is 12.1 Å². The van der Waals surface area contributed by atoms with Crippen LogP contribution in [0.2, 0.25) is 0 Å². The van der Waals surface area contributed by atoms with Gasteiger partial charge in [0, 0.05) is 13.6 Å². The Balaban J connectivity index is 1.72. The fourth-order valence-corrected chi connectivity index (χ4v) is 2.56. The second-order valence-corrected chi connectivity index (χ2v) is 6.01. The van der Waals surface area contributed by atoms with Crippen LogP contribution in [0.3, 0.4) is 0 Å². The second-order valence-electron chi connectivity index (χ2n) is 4.86. The monoisotopic (exact) mass is 334 g/mol. The number of benzene rings is 1. The zero-order chi connectivity index (χ0) is 16.4. The molecule has 0 saturated carbocycles. The van der Waals surface area contributed by atoms with Crippen LogP contribution < -0.4 is 10.0 Å². The highest BCUT2D eigenvalue weighted by atomic mass is 32.2. The van der Waals surface area contributed by atoms with E-state index in [2.05, 4.69) is 20.4 Å². The minimum Gasteiger partial charge on any atom is -0.365 e. The Morgan fingerprint density at radius 1 is 1.22 bits per heavy atom. The maximum absolute atomic E-state index is 10.7. The number of hydrogen-bond acceptors (Lipinski definition) is 6. The Labute approximate surface area is 132 Å². The summed E-state index contributed by atoms with van der Waals surface area (Å²) in [6.07, 6.45) is 3.16. The van der Waals surface area contributed by atoms with Crippen LogP contribution in [-0.4, -0.2) is 32.7 Å². The van der Waals surface area contributed by atoms with Gasteiger partial charge in [0.2, 0.25) is 0 Å². The van der Waals surface area contributed by atoms with Crippen molar-refractivity contribution in [3.8, 4) is 0 Å². The number of nitrogens with zero attached hydrogens (tertiary/aromatic N) is 4. The summed E-state index contributed by atoms with van der Waals surface area (Å²) in [4.78, 5) is 8.36. The minimum atomic E-state index is -4.26. The first-order valence-electron chi connectivity index (χ1n) is 6.63. The molecule has 0 aliphatic rings. The third kappa shape index (κ3) is 3.55. The van der Waals surface area contributed by atoms with Crippen LogP contribution >= 0.6 is 0 Å². The van der Waals surface area contributed by atoms with Crippen molar-refractivity contribution in [2.75, 3.05) is 10.0 Å². The molecular weight excluding hydrogens is 320 g/mol. The molecule has 3 N–H and O–H groups in total. The fourth-order valence-electron chi connectivity index (χ4n) is 2.13. The molecule has 2 aromatic heterocycles. The predicted octanol–water partition coefficient (Wildman–Crippen LogP) is 1.19. The largest absolute Gasteiger partial charge is 0.365 e. The number of fused-ring (bicyclic) bond motifs is 1. The van der Waals surface area contributed by atoms with Crippen molar-refractivity contribution in [1.29, 1.82) is 0 Å². The Morgan fingerprint density at radius 2 is 1.96 bits per heavy atom. The summed E-state index contributed by atoms with van der Waals surface area (Å²) in [7, 11) is -2.45. The molecule has 2 heterocycles. The number of anilines is 2. The smallest absolute Gasteiger partial charge is 0.357 e. The first kappa shape index (κ1) is 15.2. The highest BCUT2D eigenvalue weighted by Crippen LogP contribution is 2.19.